The van der Waals surface area contributed by atoms with E-state index in [1.165, 1.54) is 27.4 Å². The Morgan fingerprint density at radius 3 is 2.18 bits per heavy atom. The predicted molar refractivity (Wildman–Crippen MR) is 139 cm³/mol. The van der Waals surface area contributed by atoms with Gasteiger partial charge in [0, 0.05) is 35.1 Å². The second-order valence-electron chi connectivity index (χ2n) is 9.30. The summed E-state index contributed by atoms with van der Waals surface area (Å²) in [6.45, 7) is 8.18. The molecule has 0 bridgehead atoms. The molecule has 0 saturated heterocycles. The van der Waals surface area contributed by atoms with Crippen LogP contribution in [0.1, 0.15) is 39.7 Å². The molecule has 0 aliphatic rings. The fraction of sp³-hybridized carbons (Fsp3) is 0.310. The van der Waals surface area contributed by atoms with Crippen molar-refractivity contribution in [2.45, 2.75) is 52.6 Å². The number of nitrogens with zero attached hydrogens (tertiary/aromatic N) is 2. The molecule has 1 aromatic heterocycles. The number of aromatic nitrogens is 1. The highest BCUT2D eigenvalue weighted by Gasteiger charge is 2.25. The summed E-state index contributed by atoms with van der Waals surface area (Å²) in [5.74, 6) is -0.982. The number of hydrogen-bond acceptors (Lipinski definition) is 2. The van der Waals surface area contributed by atoms with E-state index in [4.69, 9.17) is 0 Å². The van der Waals surface area contributed by atoms with Gasteiger partial charge in [0.1, 0.15) is 0 Å². The summed E-state index contributed by atoms with van der Waals surface area (Å²) in [6, 6.07) is 25.5. The van der Waals surface area contributed by atoms with E-state index in [0.717, 1.165) is 18.5 Å². The third-order valence-electron chi connectivity index (χ3n) is 6.22. The molecule has 0 spiro atoms. The van der Waals surface area contributed by atoms with Gasteiger partial charge in [-0.25, -0.2) is 0 Å². The molecule has 176 valence electrons. The van der Waals surface area contributed by atoms with Crippen molar-refractivity contribution in [1.82, 2.24) is 14.8 Å². The molecule has 0 radical (unpaired) electrons. The zero-order valence-corrected chi connectivity index (χ0v) is 20.4. The van der Waals surface area contributed by atoms with Crippen LogP contribution in [-0.2, 0) is 16.0 Å². The van der Waals surface area contributed by atoms with Crippen LogP contribution in [0.3, 0.4) is 0 Å². The van der Waals surface area contributed by atoms with Gasteiger partial charge < -0.3 is 14.8 Å². The van der Waals surface area contributed by atoms with E-state index in [1.54, 1.807) is 4.90 Å². The number of fused-ring (bicyclic) bond motifs is 3. The Morgan fingerprint density at radius 2 is 1.47 bits per heavy atom. The van der Waals surface area contributed by atoms with E-state index in [0.29, 0.717) is 6.54 Å². The van der Waals surface area contributed by atoms with Crippen LogP contribution in [0.5, 0.6) is 0 Å². The van der Waals surface area contributed by atoms with E-state index < -0.39 is 11.8 Å². The standard InChI is InChI=1S/C29H33N3O2/c1-20(2)31(21(3)4)29(34)28(33)30-18-10-11-22-16-17-27-25(19-22)24-14-8-9-15-26(24)32(27)23-12-6-5-7-13-23/h5-9,12-17,19-21H,10-11,18H2,1-4H3,(H,30,33). The van der Waals surface area contributed by atoms with Crippen LogP contribution in [0, 0.1) is 0 Å². The summed E-state index contributed by atoms with van der Waals surface area (Å²) in [6.07, 6.45) is 1.60. The molecule has 0 atom stereocenters. The van der Waals surface area contributed by atoms with Gasteiger partial charge in [-0.1, -0.05) is 42.5 Å². The first kappa shape index (κ1) is 23.6. The maximum atomic E-state index is 12.5. The predicted octanol–water partition coefficient (Wildman–Crippen LogP) is 5.48. The number of benzene rings is 3. The smallest absolute Gasteiger partial charge is 0.312 e. The van der Waals surface area contributed by atoms with E-state index in [2.05, 4.69) is 76.6 Å². The number of para-hydroxylation sites is 2. The van der Waals surface area contributed by atoms with Crippen LogP contribution in [0.4, 0.5) is 0 Å². The summed E-state index contributed by atoms with van der Waals surface area (Å²) >= 11 is 0. The molecule has 0 fully saturated rings. The summed E-state index contributed by atoms with van der Waals surface area (Å²) in [5, 5.41) is 5.25. The van der Waals surface area contributed by atoms with E-state index in [1.807, 2.05) is 33.8 Å². The van der Waals surface area contributed by atoms with Gasteiger partial charge in [-0.05, 0) is 76.4 Å². The molecule has 5 nitrogen and oxygen atoms in total. The molecule has 34 heavy (non-hydrogen) atoms. The van der Waals surface area contributed by atoms with Gasteiger partial charge in [0.2, 0.25) is 0 Å². The van der Waals surface area contributed by atoms with Crippen LogP contribution >= 0.6 is 0 Å². The first-order chi connectivity index (χ1) is 16.4. The van der Waals surface area contributed by atoms with Crippen LogP contribution in [-0.4, -0.2) is 39.9 Å². The maximum Gasteiger partial charge on any atom is 0.312 e. The molecular formula is C29H33N3O2. The molecule has 4 aromatic rings. The number of aryl methyl sites for hydroxylation is 1. The van der Waals surface area contributed by atoms with Gasteiger partial charge in [-0.2, -0.15) is 0 Å². The lowest BCUT2D eigenvalue weighted by molar-refractivity contribution is -0.148. The summed E-state index contributed by atoms with van der Waals surface area (Å²) < 4.78 is 2.30. The number of amides is 2. The zero-order chi connectivity index (χ0) is 24.2. The highest BCUT2D eigenvalue weighted by molar-refractivity contribution is 6.35. The van der Waals surface area contributed by atoms with Gasteiger partial charge in [0.25, 0.3) is 0 Å². The molecule has 2 amide bonds. The highest BCUT2D eigenvalue weighted by Crippen LogP contribution is 2.32. The molecule has 0 aliphatic carbocycles. The third-order valence-corrected chi connectivity index (χ3v) is 6.22. The largest absolute Gasteiger partial charge is 0.348 e. The lowest BCUT2D eigenvalue weighted by Gasteiger charge is -2.29. The van der Waals surface area contributed by atoms with Gasteiger partial charge in [0.15, 0.2) is 0 Å². The van der Waals surface area contributed by atoms with Crippen molar-refractivity contribution in [3.8, 4) is 5.69 Å². The SMILES string of the molecule is CC(C)N(C(=O)C(=O)NCCCc1ccc2c(c1)c1ccccc1n2-c1ccccc1)C(C)C. The highest BCUT2D eigenvalue weighted by atomic mass is 16.2. The molecule has 5 heteroatoms. The average Bonchev–Trinajstić information content (AvgIpc) is 3.15. The Labute approximate surface area is 201 Å². The third kappa shape index (κ3) is 4.69. The summed E-state index contributed by atoms with van der Waals surface area (Å²) in [7, 11) is 0. The Hall–Kier alpha value is -3.60. The van der Waals surface area contributed by atoms with Crippen molar-refractivity contribution < 1.29 is 9.59 Å². The molecule has 1 N–H and O–H groups in total. The summed E-state index contributed by atoms with van der Waals surface area (Å²) in [5.41, 5.74) is 4.73. The number of nitrogens with one attached hydrogen (secondary N) is 1. The number of hydrogen-bond donors (Lipinski definition) is 1. The Bertz CT molecular complexity index is 1300. The normalized spacial score (nSPS) is 11.5. The molecule has 0 unspecified atom stereocenters. The van der Waals surface area contributed by atoms with Gasteiger partial charge in [-0.3, -0.25) is 9.59 Å². The van der Waals surface area contributed by atoms with Crippen LogP contribution in [0.2, 0.25) is 0 Å². The topological polar surface area (TPSA) is 54.3 Å². The lowest BCUT2D eigenvalue weighted by atomic mass is 10.1. The average molecular weight is 456 g/mol. The van der Waals surface area contributed by atoms with Crippen molar-refractivity contribution in [3.05, 3.63) is 78.4 Å². The molecule has 0 aliphatic heterocycles. The second kappa shape index (κ2) is 10.1. The van der Waals surface area contributed by atoms with Crippen molar-refractivity contribution >= 4 is 33.6 Å². The van der Waals surface area contributed by atoms with Crippen LogP contribution in [0.15, 0.2) is 72.8 Å². The Morgan fingerprint density at radius 1 is 0.824 bits per heavy atom. The molecule has 1 heterocycles. The fourth-order valence-corrected chi connectivity index (χ4v) is 4.78. The minimum atomic E-state index is -0.524. The molecule has 0 saturated carbocycles. The molecular weight excluding hydrogens is 422 g/mol. The van der Waals surface area contributed by atoms with Gasteiger partial charge >= 0.3 is 11.8 Å². The first-order valence-corrected chi connectivity index (χ1v) is 12.1. The lowest BCUT2D eigenvalue weighted by Crippen LogP contribution is -2.49. The van der Waals surface area contributed by atoms with E-state index in [9.17, 15) is 9.59 Å². The first-order valence-electron chi connectivity index (χ1n) is 12.1. The summed E-state index contributed by atoms with van der Waals surface area (Å²) in [4.78, 5) is 26.5. The van der Waals surface area contributed by atoms with Crippen molar-refractivity contribution in [2.24, 2.45) is 0 Å². The number of rotatable bonds is 7. The van der Waals surface area contributed by atoms with Crippen LogP contribution in [0.25, 0.3) is 27.5 Å². The molecule has 3 aromatic carbocycles. The van der Waals surface area contributed by atoms with Gasteiger partial charge in [-0.15, -0.1) is 0 Å². The number of carbonyl (C=O) groups is 2. The van der Waals surface area contributed by atoms with Crippen LogP contribution < -0.4 is 5.32 Å². The van der Waals surface area contributed by atoms with E-state index in [-0.39, 0.29) is 12.1 Å². The quantitative estimate of drug-likeness (QED) is 0.296. The Balaban J connectivity index is 1.48. The number of carbonyl (C=O) groups excluding carboxylic acids is 2. The maximum absolute atomic E-state index is 12.5. The fourth-order valence-electron chi connectivity index (χ4n) is 4.78. The van der Waals surface area contributed by atoms with Crippen molar-refractivity contribution in [1.29, 1.82) is 0 Å². The minimum absolute atomic E-state index is 0.0111. The zero-order valence-electron chi connectivity index (χ0n) is 20.4. The Kier molecular flexibility index (Phi) is 7.01. The van der Waals surface area contributed by atoms with E-state index >= 15 is 0 Å². The second-order valence-corrected chi connectivity index (χ2v) is 9.30. The monoisotopic (exact) mass is 455 g/mol. The van der Waals surface area contributed by atoms with Gasteiger partial charge in [0.05, 0.1) is 11.0 Å². The van der Waals surface area contributed by atoms with Crippen molar-refractivity contribution in [2.75, 3.05) is 6.54 Å². The van der Waals surface area contributed by atoms with Crippen molar-refractivity contribution in [3.63, 3.8) is 0 Å². The molecule has 4 rings (SSSR count). The minimum Gasteiger partial charge on any atom is -0.348 e.